The van der Waals surface area contributed by atoms with Crippen LogP contribution in [0.2, 0.25) is 0 Å². The lowest BCUT2D eigenvalue weighted by Crippen LogP contribution is -2.44. The first-order chi connectivity index (χ1) is 7.93. The zero-order valence-electron chi connectivity index (χ0n) is 12.0. The molecule has 0 unspecified atom stereocenters. The van der Waals surface area contributed by atoms with Crippen LogP contribution in [-0.4, -0.2) is 50.2 Å². The van der Waals surface area contributed by atoms with Gasteiger partial charge in [-0.25, -0.2) is 0 Å². The van der Waals surface area contributed by atoms with Crippen molar-refractivity contribution in [3.05, 3.63) is 35.4 Å². The maximum atomic E-state index is 2.37. The van der Waals surface area contributed by atoms with Crippen LogP contribution in [0.5, 0.6) is 0 Å². The van der Waals surface area contributed by atoms with E-state index in [9.17, 15) is 0 Å². The van der Waals surface area contributed by atoms with Gasteiger partial charge in [-0.1, -0.05) is 36.8 Å². The molecule has 1 rings (SSSR count). The van der Waals surface area contributed by atoms with E-state index in [0.29, 0.717) is 0 Å². The summed E-state index contributed by atoms with van der Waals surface area (Å²) in [5, 5.41) is 0. The Labute approximate surface area is 106 Å². The van der Waals surface area contributed by atoms with Gasteiger partial charge in [-0.2, -0.15) is 0 Å². The lowest BCUT2D eigenvalue weighted by atomic mass is 10.1. The van der Waals surface area contributed by atoms with Gasteiger partial charge in [-0.05, 0) is 20.5 Å². The van der Waals surface area contributed by atoms with Crippen LogP contribution >= 0.6 is 0 Å². The molecule has 0 aliphatic rings. The topological polar surface area (TPSA) is 3.24 Å². The predicted octanol–water partition coefficient (Wildman–Crippen LogP) is 2.52. The van der Waals surface area contributed by atoms with E-state index in [0.717, 1.165) is 24.1 Å². The van der Waals surface area contributed by atoms with Crippen molar-refractivity contribution >= 4 is 0 Å². The van der Waals surface area contributed by atoms with Crippen LogP contribution in [0.25, 0.3) is 0 Å². The molecule has 2 heteroatoms. The molecule has 0 aliphatic heterocycles. The van der Waals surface area contributed by atoms with E-state index in [1.807, 2.05) is 0 Å². The molecule has 0 atom stereocenters. The van der Waals surface area contributed by atoms with Crippen LogP contribution in [0.15, 0.2) is 24.3 Å². The second kappa shape index (κ2) is 6.18. The van der Waals surface area contributed by atoms with Gasteiger partial charge in [0, 0.05) is 12.1 Å². The zero-order chi connectivity index (χ0) is 12.9. The number of hydrogen-bond donors (Lipinski definition) is 0. The molecule has 96 valence electrons. The third kappa shape index (κ3) is 5.33. The summed E-state index contributed by atoms with van der Waals surface area (Å²) in [6.07, 6.45) is 0. The summed E-state index contributed by atoms with van der Waals surface area (Å²) >= 11 is 0. The van der Waals surface area contributed by atoms with Crippen molar-refractivity contribution in [2.45, 2.75) is 20.4 Å². The molecular weight excluding hydrogens is 208 g/mol. The quantitative estimate of drug-likeness (QED) is 0.685. The molecule has 17 heavy (non-hydrogen) atoms. The number of quaternary nitrogens is 1. The first kappa shape index (κ1) is 14.2. The van der Waals surface area contributed by atoms with Gasteiger partial charge in [0.2, 0.25) is 0 Å². The van der Waals surface area contributed by atoms with Gasteiger partial charge in [0.25, 0.3) is 0 Å². The third-order valence-electron chi connectivity index (χ3n) is 3.32. The fourth-order valence-electron chi connectivity index (χ4n) is 1.98. The minimum absolute atomic E-state index is 1.05. The highest BCUT2D eigenvalue weighted by Crippen LogP contribution is 2.11. The third-order valence-corrected chi connectivity index (χ3v) is 3.32. The Kier molecular flexibility index (Phi) is 5.16. The molecule has 1 aromatic carbocycles. The van der Waals surface area contributed by atoms with Gasteiger partial charge in [0.05, 0.1) is 20.6 Å². The Morgan fingerprint density at radius 3 is 2.53 bits per heavy atom. The Bertz CT molecular complexity index is 345. The van der Waals surface area contributed by atoms with E-state index in [2.05, 4.69) is 64.2 Å². The molecule has 0 spiro atoms. The summed E-state index contributed by atoms with van der Waals surface area (Å²) in [6.45, 7) is 8.96. The monoisotopic (exact) mass is 235 g/mol. The number of likely N-dealkylation sites (N-methyl/N-ethyl adjacent to an activating group) is 2. The standard InChI is InChI=1S/C15H27N2/c1-6-16(3)10-11-17(4,5)13-15-9-7-8-14(2)12-15/h7-9,12H,6,10-11,13H2,1-5H3/q+1. The molecule has 0 radical (unpaired) electrons. The number of benzene rings is 1. The van der Waals surface area contributed by atoms with Crippen molar-refractivity contribution in [1.82, 2.24) is 4.90 Å². The van der Waals surface area contributed by atoms with Gasteiger partial charge >= 0.3 is 0 Å². The van der Waals surface area contributed by atoms with E-state index in [4.69, 9.17) is 0 Å². The molecule has 0 saturated carbocycles. The molecule has 0 saturated heterocycles. The number of nitrogens with zero attached hydrogens (tertiary/aromatic N) is 2. The van der Waals surface area contributed by atoms with Gasteiger partial charge in [-0.15, -0.1) is 0 Å². The van der Waals surface area contributed by atoms with Crippen LogP contribution in [0.1, 0.15) is 18.1 Å². The number of rotatable bonds is 6. The molecule has 0 aromatic heterocycles. The molecule has 0 N–H and O–H groups in total. The second-order valence-corrected chi connectivity index (χ2v) is 5.70. The molecule has 0 aliphatic carbocycles. The lowest BCUT2D eigenvalue weighted by molar-refractivity contribution is -0.903. The molecule has 0 heterocycles. The Morgan fingerprint density at radius 2 is 1.94 bits per heavy atom. The maximum Gasteiger partial charge on any atom is 0.104 e. The first-order valence-corrected chi connectivity index (χ1v) is 6.49. The molecule has 2 nitrogen and oxygen atoms in total. The Hall–Kier alpha value is -0.860. The predicted molar refractivity (Wildman–Crippen MR) is 75.0 cm³/mol. The summed E-state index contributed by atoms with van der Waals surface area (Å²) < 4.78 is 1.05. The smallest absolute Gasteiger partial charge is 0.104 e. The maximum absolute atomic E-state index is 2.37. The van der Waals surface area contributed by atoms with Crippen molar-refractivity contribution in [1.29, 1.82) is 0 Å². The summed E-state index contributed by atoms with van der Waals surface area (Å²) in [5.41, 5.74) is 2.79. The molecule has 0 fully saturated rings. The van der Waals surface area contributed by atoms with Crippen LogP contribution in [-0.2, 0) is 6.54 Å². The molecule has 0 bridgehead atoms. The first-order valence-electron chi connectivity index (χ1n) is 6.49. The van der Waals surface area contributed by atoms with Crippen molar-refractivity contribution in [3.63, 3.8) is 0 Å². The Balaban J connectivity index is 2.54. The van der Waals surface area contributed by atoms with E-state index in [-0.39, 0.29) is 0 Å². The van der Waals surface area contributed by atoms with Crippen molar-refractivity contribution in [2.24, 2.45) is 0 Å². The van der Waals surface area contributed by atoms with Crippen molar-refractivity contribution < 1.29 is 4.48 Å². The molecule has 1 aromatic rings. The van der Waals surface area contributed by atoms with Crippen LogP contribution in [0.4, 0.5) is 0 Å². The number of hydrogen-bond acceptors (Lipinski definition) is 1. The molecule has 0 amide bonds. The zero-order valence-corrected chi connectivity index (χ0v) is 12.0. The van der Waals surface area contributed by atoms with E-state index < -0.39 is 0 Å². The summed E-state index contributed by atoms with van der Waals surface area (Å²) in [5.74, 6) is 0. The Morgan fingerprint density at radius 1 is 1.24 bits per heavy atom. The summed E-state index contributed by atoms with van der Waals surface area (Å²) in [7, 11) is 6.81. The largest absolute Gasteiger partial charge is 0.324 e. The SMILES string of the molecule is CCN(C)CC[N+](C)(C)Cc1cccc(C)c1. The fraction of sp³-hybridized carbons (Fsp3) is 0.600. The van der Waals surface area contributed by atoms with Gasteiger partial charge < -0.3 is 9.38 Å². The second-order valence-electron chi connectivity index (χ2n) is 5.70. The van der Waals surface area contributed by atoms with Gasteiger partial charge in [0.15, 0.2) is 0 Å². The van der Waals surface area contributed by atoms with E-state index in [1.54, 1.807) is 0 Å². The highest BCUT2D eigenvalue weighted by atomic mass is 15.3. The van der Waals surface area contributed by atoms with Gasteiger partial charge in [0.1, 0.15) is 6.54 Å². The summed E-state index contributed by atoms with van der Waals surface area (Å²) in [4.78, 5) is 2.37. The van der Waals surface area contributed by atoms with Crippen LogP contribution < -0.4 is 0 Å². The van der Waals surface area contributed by atoms with Crippen LogP contribution in [0, 0.1) is 6.92 Å². The normalized spacial score (nSPS) is 12.1. The lowest BCUT2D eigenvalue weighted by Gasteiger charge is -2.31. The average molecular weight is 235 g/mol. The molecular formula is C15H27N2+. The highest BCUT2D eigenvalue weighted by molar-refractivity contribution is 5.21. The van der Waals surface area contributed by atoms with Crippen molar-refractivity contribution in [3.8, 4) is 0 Å². The van der Waals surface area contributed by atoms with Crippen molar-refractivity contribution in [2.75, 3.05) is 40.8 Å². The highest BCUT2D eigenvalue weighted by Gasteiger charge is 2.16. The number of aryl methyl sites for hydroxylation is 1. The average Bonchev–Trinajstić information content (AvgIpc) is 2.25. The van der Waals surface area contributed by atoms with E-state index in [1.165, 1.54) is 17.7 Å². The minimum Gasteiger partial charge on any atom is -0.324 e. The fourth-order valence-corrected chi connectivity index (χ4v) is 1.98. The summed E-state index contributed by atoms with van der Waals surface area (Å²) in [6, 6.07) is 8.84. The van der Waals surface area contributed by atoms with Crippen LogP contribution in [0.3, 0.4) is 0 Å². The van der Waals surface area contributed by atoms with Gasteiger partial charge in [-0.3, -0.25) is 0 Å². The minimum atomic E-state index is 1.05. The van der Waals surface area contributed by atoms with E-state index >= 15 is 0 Å².